The Morgan fingerprint density at radius 2 is 1.89 bits per heavy atom. The Kier molecular flexibility index (Phi) is 8.91. The average Bonchev–Trinajstić information content (AvgIpc) is 3.20. The fraction of sp³-hybridized carbons (Fsp3) is 0.500. The largest absolute Gasteiger partial charge is 0.490 e. The van der Waals surface area contributed by atoms with E-state index in [0.717, 1.165) is 38.5 Å². The monoisotopic (exact) mass is 538 g/mol. The minimum absolute atomic E-state index is 0.0207. The van der Waals surface area contributed by atoms with Gasteiger partial charge >= 0.3 is 12.1 Å². The summed E-state index contributed by atoms with van der Waals surface area (Å²) in [6.45, 7) is 4.13. The number of halogens is 4. The Bertz CT molecular complexity index is 1100. The number of ether oxygens (including phenoxy) is 1. The minimum atomic E-state index is -5.08. The van der Waals surface area contributed by atoms with Crippen LogP contribution in [0.5, 0.6) is 0 Å². The lowest BCUT2D eigenvalue weighted by Gasteiger charge is -2.42. The average molecular weight is 539 g/mol. The number of benzene rings is 1. The molecule has 7 nitrogen and oxygen atoms in total. The van der Waals surface area contributed by atoms with Gasteiger partial charge in [-0.2, -0.15) is 17.5 Å². The first-order valence-corrected chi connectivity index (χ1v) is 13.2. The molecule has 194 valence electrons. The summed E-state index contributed by atoms with van der Waals surface area (Å²) < 4.78 is 78.8. The van der Waals surface area contributed by atoms with E-state index >= 15 is 0 Å². The van der Waals surface area contributed by atoms with Crippen molar-refractivity contribution < 1.29 is 40.6 Å². The van der Waals surface area contributed by atoms with Gasteiger partial charge in [-0.15, -0.1) is 11.3 Å². The first-order valence-electron chi connectivity index (χ1n) is 10.9. The summed E-state index contributed by atoms with van der Waals surface area (Å²) >= 11 is 1.76. The number of carbonyl (C=O) groups is 1. The molecule has 2 aromatic rings. The Labute approximate surface area is 205 Å². The highest BCUT2D eigenvalue weighted by atomic mass is 32.2. The molecule has 3 heterocycles. The van der Waals surface area contributed by atoms with Crippen molar-refractivity contribution in [3.8, 4) is 0 Å². The molecular formula is C22H26F4N2O5S2. The molecule has 2 saturated heterocycles. The van der Waals surface area contributed by atoms with Crippen LogP contribution in [0.2, 0.25) is 0 Å². The van der Waals surface area contributed by atoms with Crippen molar-refractivity contribution >= 4 is 27.3 Å². The number of carboxylic acid groups (broad SMARTS) is 1. The standard InChI is InChI=1S/C20H25FN2O3S2.C2HF3O2/c21-17-4-1-6-19(14-17)28(24,25)23-9-3-7-20(8-10-23)16-22(11-12-26-20)15-18-5-2-13-27-18;3-2(4,5)1(6)7/h1-2,4-6,13-14H,3,7-12,15-16H2;(H,6,7). The number of hydrogen-bond donors (Lipinski definition) is 1. The molecule has 2 aliphatic heterocycles. The van der Waals surface area contributed by atoms with E-state index in [1.54, 1.807) is 11.3 Å². The first kappa shape index (κ1) is 27.5. The smallest absolute Gasteiger partial charge is 0.475 e. The Morgan fingerprint density at radius 1 is 1.14 bits per heavy atom. The first-order chi connectivity index (χ1) is 16.4. The van der Waals surface area contributed by atoms with E-state index in [4.69, 9.17) is 14.6 Å². The third-order valence-corrected chi connectivity index (χ3v) is 8.58. The lowest BCUT2D eigenvalue weighted by molar-refractivity contribution is -0.192. The van der Waals surface area contributed by atoms with Crippen LogP contribution in [-0.4, -0.2) is 73.3 Å². The van der Waals surface area contributed by atoms with Gasteiger partial charge in [0.25, 0.3) is 0 Å². The van der Waals surface area contributed by atoms with Crippen LogP contribution in [0.1, 0.15) is 24.1 Å². The third-order valence-electron chi connectivity index (χ3n) is 5.82. The van der Waals surface area contributed by atoms with E-state index in [9.17, 15) is 26.0 Å². The Balaban J connectivity index is 0.000000429. The highest BCUT2D eigenvalue weighted by molar-refractivity contribution is 7.89. The van der Waals surface area contributed by atoms with E-state index in [1.165, 1.54) is 27.4 Å². The van der Waals surface area contributed by atoms with E-state index in [-0.39, 0.29) is 10.5 Å². The summed E-state index contributed by atoms with van der Waals surface area (Å²) in [7, 11) is -3.69. The fourth-order valence-corrected chi connectivity index (χ4v) is 6.40. The Hall–Kier alpha value is -2.06. The van der Waals surface area contributed by atoms with Gasteiger partial charge in [0.2, 0.25) is 10.0 Å². The predicted octanol–water partition coefficient (Wildman–Crippen LogP) is 3.97. The molecule has 1 atom stereocenters. The number of sulfonamides is 1. The van der Waals surface area contributed by atoms with Crippen LogP contribution in [0.25, 0.3) is 0 Å². The van der Waals surface area contributed by atoms with Crippen LogP contribution in [0, 0.1) is 5.82 Å². The van der Waals surface area contributed by atoms with Gasteiger partial charge in [-0.25, -0.2) is 17.6 Å². The van der Waals surface area contributed by atoms with Gasteiger partial charge in [-0.3, -0.25) is 4.90 Å². The van der Waals surface area contributed by atoms with Crippen molar-refractivity contribution in [3.05, 3.63) is 52.5 Å². The van der Waals surface area contributed by atoms with E-state index < -0.39 is 28.0 Å². The highest BCUT2D eigenvalue weighted by Gasteiger charge is 2.40. The van der Waals surface area contributed by atoms with Crippen molar-refractivity contribution in [2.75, 3.05) is 32.8 Å². The summed E-state index contributed by atoms with van der Waals surface area (Å²) in [5.74, 6) is -3.29. The van der Waals surface area contributed by atoms with Crippen molar-refractivity contribution in [3.63, 3.8) is 0 Å². The normalized spacial score (nSPS) is 22.3. The number of carboxylic acids is 1. The molecule has 0 bridgehead atoms. The molecule has 1 spiro atoms. The number of hydrogen-bond acceptors (Lipinski definition) is 6. The van der Waals surface area contributed by atoms with E-state index in [1.807, 2.05) is 0 Å². The molecule has 4 rings (SSSR count). The molecule has 13 heteroatoms. The molecule has 1 unspecified atom stereocenters. The number of morpholine rings is 1. The van der Waals surface area contributed by atoms with Crippen LogP contribution >= 0.6 is 11.3 Å². The summed E-state index contributed by atoms with van der Waals surface area (Å²) in [4.78, 5) is 12.7. The minimum Gasteiger partial charge on any atom is -0.475 e. The molecule has 0 radical (unpaired) electrons. The summed E-state index contributed by atoms with van der Waals surface area (Å²) in [6.07, 6.45) is -2.85. The van der Waals surface area contributed by atoms with Crippen LogP contribution < -0.4 is 0 Å². The molecule has 2 fully saturated rings. The molecule has 0 amide bonds. The number of nitrogens with zero attached hydrogens (tertiary/aromatic N) is 2. The van der Waals surface area contributed by atoms with Crippen molar-refractivity contribution in [1.29, 1.82) is 0 Å². The zero-order valence-electron chi connectivity index (χ0n) is 18.7. The van der Waals surface area contributed by atoms with Crippen molar-refractivity contribution in [1.82, 2.24) is 9.21 Å². The predicted molar refractivity (Wildman–Crippen MR) is 121 cm³/mol. The molecule has 0 aliphatic carbocycles. The van der Waals surface area contributed by atoms with Crippen LogP contribution in [0.15, 0.2) is 46.7 Å². The van der Waals surface area contributed by atoms with Gasteiger partial charge in [0, 0.05) is 37.6 Å². The lowest BCUT2D eigenvalue weighted by atomic mass is 9.92. The second kappa shape index (κ2) is 11.3. The van der Waals surface area contributed by atoms with Gasteiger partial charge in [0.05, 0.1) is 17.1 Å². The number of thiophene rings is 1. The number of aliphatic carboxylic acids is 1. The maximum Gasteiger partial charge on any atom is 0.490 e. The second-order valence-electron chi connectivity index (χ2n) is 8.34. The van der Waals surface area contributed by atoms with Crippen molar-refractivity contribution in [2.45, 2.75) is 42.5 Å². The molecule has 1 N–H and O–H groups in total. The maximum absolute atomic E-state index is 13.5. The van der Waals surface area contributed by atoms with Gasteiger partial charge in [-0.05, 0) is 48.9 Å². The lowest BCUT2D eigenvalue weighted by Crippen LogP contribution is -2.51. The molecule has 1 aromatic heterocycles. The fourth-order valence-electron chi connectivity index (χ4n) is 4.14. The van der Waals surface area contributed by atoms with E-state index in [0.29, 0.717) is 26.1 Å². The maximum atomic E-state index is 13.5. The van der Waals surface area contributed by atoms with Gasteiger partial charge < -0.3 is 9.84 Å². The van der Waals surface area contributed by atoms with Gasteiger partial charge in [-0.1, -0.05) is 12.1 Å². The SMILES string of the molecule is O=C(O)C(F)(F)F.O=S(=O)(c1cccc(F)c1)N1CCCC2(CC1)CN(Cc1cccs1)CCO2. The molecule has 1 aromatic carbocycles. The van der Waals surface area contributed by atoms with Gasteiger partial charge in [0.15, 0.2) is 0 Å². The number of alkyl halides is 3. The molecule has 0 saturated carbocycles. The highest BCUT2D eigenvalue weighted by Crippen LogP contribution is 2.33. The Morgan fingerprint density at radius 3 is 2.51 bits per heavy atom. The molecule has 2 aliphatic rings. The van der Waals surface area contributed by atoms with Gasteiger partial charge in [0.1, 0.15) is 5.82 Å². The molecule has 35 heavy (non-hydrogen) atoms. The summed E-state index contributed by atoms with van der Waals surface area (Å²) in [5.41, 5.74) is -0.304. The zero-order chi connectivity index (χ0) is 25.7. The quantitative estimate of drug-likeness (QED) is 0.593. The molecular weight excluding hydrogens is 512 g/mol. The topological polar surface area (TPSA) is 87.1 Å². The second-order valence-corrected chi connectivity index (χ2v) is 11.3. The number of rotatable bonds is 4. The van der Waals surface area contributed by atoms with Crippen LogP contribution in [0.4, 0.5) is 17.6 Å². The van der Waals surface area contributed by atoms with E-state index in [2.05, 4.69) is 22.4 Å². The van der Waals surface area contributed by atoms with Crippen LogP contribution in [-0.2, 0) is 26.1 Å². The summed E-state index contributed by atoms with van der Waals surface area (Å²) in [5, 5.41) is 9.21. The van der Waals surface area contributed by atoms with Crippen LogP contribution in [0.3, 0.4) is 0 Å². The third kappa shape index (κ3) is 7.46. The summed E-state index contributed by atoms with van der Waals surface area (Å²) in [6, 6.07) is 9.46. The zero-order valence-corrected chi connectivity index (χ0v) is 20.3. The van der Waals surface area contributed by atoms with Crippen molar-refractivity contribution in [2.24, 2.45) is 0 Å².